The summed E-state index contributed by atoms with van der Waals surface area (Å²) in [6.45, 7) is 0.870. The molecule has 4 rings (SSSR count). The average Bonchev–Trinajstić information content (AvgIpc) is 3.11. The van der Waals surface area contributed by atoms with Gasteiger partial charge in [-0.05, 0) is 36.4 Å². The van der Waals surface area contributed by atoms with E-state index < -0.39 is 5.82 Å². The van der Waals surface area contributed by atoms with Gasteiger partial charge in [-0.1, -0.05) is 23.7 Å². The third kappa shape index (κ3) is 4.37. The van der Waals surface area contributed by atoms with Crippen LogP contribution < -0.4 is 16.4 Å². The van der Waals surface area contributed by atoms with Crippen molar-refractivity contribution in [2.75, 3.05) is 31.3 Å². The number of fused-ring (bicyclic) bond motifs is 1. The number of carbonyl (C=O) groups is 1. The molecule has 0 saturated heterocycles. The highest BCUT2D eigenvalue weighted by Gasteiger charge is 2.18. The molecule has 4 aromatic rings. The van der Waals surface area contributed by atoms with Crippen molar-refractivity contribution in [2.45, 2.75) is 0 Å². The molecule has 0 atom stereocenters. The number of pyridine rings is 1. The van der Waals surface area contributed by atoms with E-state index in [1.807, 2.05) is 0 Å². The van der Waals surface area contributed by atoms with Crippen molar-refractivity contribution in [1.82, 2.24) is 10.3 Å². The summed E-state index contributed by atoms with van der Waals surface area (Å²) >= 11 is 5.87. The van der Waals surface area contributed by atoms with E-state index in [4.69, 9.17) is 26.5 Å². The number of furan rings is 1. The van der Waals surface area contributed by atoms with Crippen LogP contribution in [0, 0.1) is 5.82 Å². The fraction of sp³-hybridized carbons (Fsp3) is 0.130. The number of nitrogens with zero attached hydrogens (tertiary/aromatic N) is 1. The number of ether oxygens (including phenoxy) is 1. The molecule has 2 heterocycles. The molecule has 0 aliphatic heterocycles. The van der Waals surface area contributed by atoms with Gasteiger partial charge >= 0.3 is 0 Å². The Kier molecular flexibility index (Phi) is 6.25. The van der Waals surface area contributed by atoms with Crippen LogP contribution in [0.2, 0.25) is 5.02 Å². The van der Waals surface area contributed by atoms with Gasteiger partial charge in [-0.2, -0.15) is 0 Å². The first-order chi connectivity index (χ1) is 15.5. The molecule has 0 aliphatic carbocycles. The van der Waals surface area contributed by atoms with E-state index in [-0.39, 0.29) is 16.8 Å². The number of hydrogen-bond acceptors (Lipinski definition) is 6. The van der Waals surface area contributed by atoms with Gasteiger partial charge in [0.1, 0.15) is 17.2 Å². The number of carbonyl (C=O) groups excluding carboxylic acids is 1. The lowest BCUT2D eigenvalue weighted by Crippen LogP contribution is -2.26. The van der Waals surface area contributed by atoms with E-state index in [1.54, 1.807) is 49.7 Å². The molecule has 0 aliphatic rings. The second kappa shape index (κ2) is 9.25. The van der Waals surface area contributed by atoms with Crippen LogP contribution in [0.4, 0.5) is 21.6 Å². The van der Waals surface area contributed by atoms with Gasteiger partial charge in [0.2, 0.25) is 5.88 Å². The van der Waals surface area contributed by atoms with Crippen molar-refractivity contribution in [3.63, 3.8) is 0 Å². The Morgan fingerprint density at radius 3 is 2.72 bits per heavy atom. The van der Waals surface area contributed by atoms with E-state index in [2.05, 4.69) is 15.6 Å². The van der Waals surface area contributed by atoms with Gasteiger partial charge in [0.25, 0.3) is 5.91 Å². The van der Waals surface area contributed by atoms with Crippen LogP contribution in [0.15, 0.2) is 59.1 Å². The SMILES string of the molecule is COCCNC(=O)c1ccc(-c2nccc3c(Nc4ccc(F)c(Cl)c4)c(N)oc23)cc1. The molecular formula is C23H20ClFN4O3. The molecule has 0 fully saturated rings. The molecule has 4 N–H and O–H groups in total. The number of nitrogens with two attached hydrogens (primary N) is 1. The Balaban J connectivity index is 1.64. The summed E-state index contributed by atoms with van der Waals surface area (Å²) in [5, 5.41) is 6.60. The zero-order valence-electron chi connectivity index (χ0n) is 17.1. The minimum atomic E-state index is -0.510. The summed E-state index contributed by atoms with van der Waals surface area (Å²) in [6, 6.07) is 13.1. The van der Waals surface area contributed by atoms with Gasteiger partial charge < -0.3 is 25.5 Å². The second-order valence-electron chi connectivity index (χ2n) is 6.96. The summed E-state index contributed by atoms with van der Waals surface area (Å²) in [6.07, 6.45) is 1.64. The van der Waals surface area contributed by atoms with Gasteiger partial charge in [-0.3, -0.25) is 9.78 Å². The number of nitrogens with one attached hydrogen (secondary N) is 2. The summed E-state index contributed by atoms with van der Waals surface area (Å²) in [7, 11) is 1.58. The van der Waals surface area contributed by atoms with Crippen molar-refractivity contribution in [3.05, 3.63) is 71.1 Å². The number of benzene rings is 2. The molecule has 1 amide bonds. The lowest BCUT2D eigenvalue weighted by atomic mass is 10.1. The number of amides is 1. The lowest BCUT2D eigenvalue weighted by molar-refractivity contribution is 0.0937. The zero-order valence-corrected chi connectivity index (χ0v) is 17.9. The van der Waals surface area contributed by atoms with E-state index in [0.29, 0.717) is 46.8 Å². The molecule has 0 radical (unpaired) electrons. The number of hydrogen-bond donors (Lipinski definition) is 3. The first-order valence-electron chi connectivity index (χ1n) is 9.74. The fourth-order valence-electron chi connectivity index (χ4n) is 3.24. The minimum absolute atomic E-state index is 0.00456. The molecule has 9 heteroatoms. The Morgan fingerprint density at radius 2 is 2.00 bits per heavy atom. The van der Waals surface area contributed by atoms with Crippen LogP contribution >= 0.6 is 11.6 Å². The molecule has 2 aromatic heterocycles. The Bertz CT molecular complexity index is 1270. The highest BCUT2D eigenvalue weighted by molar-refractivity contribution is 6.31. The summed E-state index contributed by atoms with van der Waals surface area (Å²) in [5.41, 5.74) is 9.54. The third-order valence-electron chi connectivity index (χ3n) is 4.83. The second-order valence-corrected chi connectivity index (χ2v) is 7.36. The van der Waals surface area contributed by atoms with Gasteiger partial charge in [-0.25, -0.2) is 4.39 Å². The first kappa shape index (κ1) is 21.6. The highest BCUT2D eigenvalue weighted by Crippen LogP contribution is 2.39. The van der Waals surface area contributed by atoms with Crippen molar-refractivity contribution in [3.8, 4) is 11.3 Å². The number of aromatic nitrogens is 1. The predicted molar refractivity (Wildman–Crippen MR) is 123 cm³/mol. The highest BCUT2D eigenvalue weighted by atomic mass is 35.5. The van der Waals surface area contributed by atoms with Crippen molar-refractivity contribution in [1.29, 1.82) is 0 Å². The molecule has 0 unspecified atom stereocenters. The quantitative estimate of drug-likeness (QED) is 0.340. The van der Waals surface area contributed by atoms with Crippen molar-refractivity contribution >= 4 is 45.7 Å². The van der Waals surface area contributed by atoms with Crippen LogP contribution in [0.5, 0.6) is 0 Å². The lowest BCUT2D eigenvalue weighted by Gasteiger charge is -2.07. The number of rotatable bonds is 7. The van der Waals surface area contributed by atoms with Crippen molar-refractivity contribution in [2.24, 2.45) is 0 Å². The smallest absolute Gasteiger partial charge is 0.251 e. The standard InChI is InChI=1S/C23H20ClFN4O3/c1-31-11-10-28-23(30)14-4-2-13(3-5-14)19-21-16(8-9-27-19)20(22(26)32-21)29-15-6-7-18(25)17(24)12-15/h2-9,12,29H,10-11,26H2,1H3,(H,28,30). The molecule has 7 nitrogen and oxygen atoms in total. The molecule has 0 saturated carbocycles. The van der Waals surface area contributed by atoms with Gasteiger partial charge in [-0.15, -0.1) is 0 Å². The molecular weight excluding hydrogens is 435 g/mol. The zero-order chi connectivity index (χ0) is 22.7. The van der Waals surface area contributed by atoms with Crippen LogP contribution in [-0.4, -0.2) is 31.2 Å². The van der Waals surface area contributed by atoms with E-state index in [9.17, 15) is 9.18 Å². The predicted octanol–water partition coefficient (Wildman–Crippen LogP) is 4.99. The maximum Gasteiger partial charge on any atom is 0.251 e. The average molecular weight is 455 g/mol. The van der Waals surface area contributed by atoms with E-state index in [0.717, 1.165) is 5.56 Å². The molecule has 0 bridgehead atoms. The van der Waals surface area contributed by atoms with Crippen LogP contribution in [-0.2, 0) is 4.74 Å². The molecule has 0 spiro atoms. The van der Waals surface area contributed by atoms with Gasteiger partial charge in [0.15, 0.2) is 5.58 Å². The normalized spacial score (nSPS) is 11.0. The fourth-order valence-corrected chi connectivity index (χ4v) is 3.42. The first-order valence-corrected chi connectivity index (χ1v) is 10.1. The summed E-state index contributed by atoms with van der Waals surface area (Å²) < 4.78 is 24.2. The largest absolute Gasteiger partial charge is 0.436 e. The molecule has 2 aromatic carbocycles. The Labute approximate surface area is 188 Å². The van der Waals surface area contributed by atoms with E-state index >= 15 is 0 Å². The van der Waals surface area contributed by atoms with E-state index in [1.165, 1.54) is 12.1 Å². The van der Waals surface area contributed by atoms with Crippen molar-refractivity contribution < 1.29 is 18.3 Å². The summed E-state index contributed by atoms with van der Waals surface area (Å²) in [5.74, 6) is -0.542. The number of halogens is 2. The van der Waals surface area contributed by atoms with Gasteiger partial charge in [0, 0.05) is 36.7 Å². The topological polar surface area (TPSA) is 102 Å². The van der Waals surface area contributed by atoms with Gasteiger partial charge in [0.05, 0.1) is 17.0 Å². The molecule has 32 heavy (non-hydrogen) atoms. The Hall–Kier alpha value is -3.62. The number of nitrogen functional groups attached to an aromatic ring is 1. The maximum atomic E-state index is 13.5. The monoisotopic (exact) mass is 454 g/mol. The van der Waals surface area contributed by atoms with Crippen LogP contribution in [0.3, 0.4) is 0 Å². The summed E-state index contributed by atoms with van der Waals surface area (Å²) in [4.78, 5) is 16.6. The maximum absolute atomic E-state index is 13.5. The minimum Gasteiger partial charge on any atom is -0.436 e. The third-order valence-corrected chi connectivity index (χ3v) is 5.12. The number of methoxy groups -OCH3 is 1. The van der Waals surface area contributed by atoms with Crippen LogP contribution in [0.1, 0.15) is 10.4 Å². The molecule has 164 valence electrons. The van der Waals surface area contributed by atoms with Crippen LogP contribution in [0.25, 0.3) is 22.2 Å². The number of anilines is 3. The Morgan fingerprint density at radius 1 is 1.22 bits per heavy atom.